The van der Waals surface area contributed by atoms with E-state index in [9.17, 15) is 9.59 Å². The number of amides is 1. The number of ether oxygens (including phenoxy) is 1. The van der Waals surface area contributed by atoms with Crippen molar-refractivity contribution < 1.29 is 14.3 Å². The molecule has 1 aliphatic heterocycles. The van der Waals surface area contributed by atoms with E-state index in [0.29, 0.717) is 0 Å². The standard InChI is InChI=1S/C15H18N2O3/c1-15(2)13(10-7-5-4-6-8-10)16-11(14(19)17-15)9-12(18)20-3/h4-8,11H,9H2,1-3H3,(H,17,19). The van der Waals surface area contributed by atoms with Crippen LogP contribution in [0.1, 0.15) is 25.8 Å². The van der Waals surface area contributed by atoms with Gasteiger partial charge in [0.1, 0.15) is 6.04 Å². The van der Waals surface area contributed by atoms with Gasteiger partial charge < -0.3 is 10.1 Å². The Morgan fingerprint density at radius 3 is 2.60 bits per heavy atom. The number of carbonyl (C=O) groups excluding carboxylic acids is 2. The second-order valence-corrected chi connectivity index (χ2v) is 5.25. The van der Waals surface area contributed by atoms with Crippen molar-refractivity contribution in [3.8, 4) is 0 Å². The molecular formula is C15H18N2O3. The predicted octanol–water partition coefficient (Wildman–Crippen LogP) is 1.32. The Labute approximate surface area is 118 Å². The molecular weight excluding hydrogens is 256 g/mol. The summed E-state index contributed by atoms with van der Waals surface area (Å²) in [7, 11) is 1.30. The Morgan fingerprint density at radius 1 is 1.35 bits per heavy atom. The molecule has 0 bridgehead atoms. The van der Waals surface area contributed by atoms with Crippen LogP contribution < -0.4 is 5.32 Å². The van der Waals surface area contributed by atoms with Crippen molar-refractivity contribution >= 4 is 17.6 Å². The van der Waals surface area contributed by atoms with Crippen molar-refractivity contribution in [2.75, 3.05) is 7.11 Å². The zero-order valence-corrected chi connectivity index (χ0v) is 11.8. The molecule has 1 unspecified atom stereocenters. The number of carbonyl (C=O) groups is 2. The average molecular weight is 274 g/mol. The maximum absolute atomic E-state index is 12.0. The molecule has 1 heterocycles. The van der Waals surface area contributed by atoms with Crippen LogP contribution in [0.15, 0.2) is 35.3 Å². The lowest BCUT2D eigenvalue weighted by Gasteiger charge is -2.34. The van der Waals surface area contributed by atoms with Gasteiger partial charge in [0.2, 0.25) is 5.91 Å². The van der Waals surface area contributed by atoms with E-state index in [1.54, 1.807) is 0 Å². The largest absolute Gasteiger partial charge is 0.469 e. The molecule has 1 amide bonds. The van der Waals surface area contributed by atoms with Crippen molar-refractivity contribution in [2.45, 2.75) is 31.8 Å². The quantitative estimate of drug-likeness (QED) is 0.845. The van der Waals surface area contributed by atoms with Crippen molar-refractivity contribution in [3.05, 3.63) is 35.9 Å². The summed E-state index contributed by atoms with van der Waals surface area (Å²) >= 11 is 0. The molecule has 1 aromatic rings. The van der Waals surface area contributed by atoms with Crippen LogP contribution in [0.2, 0.25) is 0 Å². The number of aliphatic imine (C=N–C) groups is 1. The Morgan fingerprint density at radius 2 is 2.00 bits per heavy atom. The molecule has 0 radical (unpaired) electrons. The topological polar surface area (TPSA) is 67.8 Å². The molecule has 1 atom stereocenters. The van der Waals surface area contributed by atoms with Gasteiger partial charge in [-0.05, 0) is 19.4 Å². The number of methoxy groups -OCH3 is 1. The monoisotopic (exact) mass is 274 g/mol. The van der Waals surface area contributed by atoms with Gasteiger partial charge in [0.05, 0.1) is 24.8 Å². The fourth-order valence-electron chi connectivity index (χ4n) is 2.24. The van der Waals surface area contributed by atoms with E-state index in [2.05, 4.69) is 15.0 Å². The summed E-state index contributed by atoms with van der Waals surface area (Å²) in [6.45, 7) is 3.79. The minimum atomic E-state index is -0.731. The first-order chi connectivity index (χ1) is 9.44. The predicted molar refractivity (Wildman–Crippen MR) is 75.6 cm³/mol. The van der Waals surface area contributed by atoms with Crippen LogP contribution in [-0.4, -0.2) is 36.3 Å². The third-order valence-electron chi connectivity index (χ3n) is 3.25. The van der Waals surface area contributed by atoms with E-state index in [-0.39, 0.29) is 12.3 Å². The van der Waals surface area contributed by atoms with Gasteiger partial charge in [-0.1, -0.05) is 30.3 Å². The molecule has 0 aliphatic carbocycles. The fourth-order valence-corrected chi connectivity index (χ4v) is 2.24. The second-order valence-electron chi connectivity index (χ2n) is 5.25. The van der Waals surface area contributed by atoms with E-state index in [1.807, 2.05) is 44.2 Å². The number of nitrogens with one attached hydrogen (secondary N) is 1. The Hall–Kier alpha value is -2.17. The Kier molecular flexibility index (Phi) is 3.88. The number of esters is 1. The van der Waals surface area contributed by atoms with Crippen LogP contribution in [0.4, 0.5) is 0 Å². The highest BCUT2D eigenvalue weighted by atomic mass is 16.5. The molecule has 106 valence electrons. The summed E-state index contributed by atoms with van der Waals surface area (Å²) in [4.78, 5) is 27.8. The first kappa shape index (κ1) is 14.2. The highest BCUT2D eigenvalue weighted by Crippen LogP contribution is 2.21. The van der Waals surface area contributed by atoms with E-state index in [4.69, 9.17) is 0 Å². The van der Waals surface area contributed by atoms with Crippen molar-refractivity contribution in [1.82, 2.24) is 5.32 Å². The Balaban J connectivity index is 2.37. The second kappa shape index (κ2) is 5.45. The van der Waals surface area contributed by atoms with Crippen LogP contribution in [0, 0.1) is 0 Å². The van der Waals surface area contributed by atoms with Gasteiger partial charge in [0, 0.05) is 0 Å². The molecule has 0 spiro atoms. The zero-order chi connectivity index (χ0) is 14.8. The van der Waals surface area contributed by atoms with Gasteiger partial charge >= 0.3 is 5.97 Å². The SMILES string of the molecule is COC(=O)CC1N=C(c2ccccc2)C(C)(C)NC1=O. The van der Waals surface area contributed by atoms with Gasteiger partial charge in [0.25, 0.3) is 0 Å². The van der Waals surface area contributed by atoms with Crippen LogP contribution in [0.25, 0.3) is 0 Å². The van der Waals surface area contributed by atoms with Gasteiger partial charge in [0.15, 0.2) is 0 Å². The Bertz CT molecular complexity index is 549. The third-order valence-corrected chi connectivity index (χ3v) is 3.25. The average Bonchev–Trinajstić information content (AvgIpc) is 2.42. The minimum absolute atomic E-state index is 0.0469. The fraction of sp³-hybridized carbons (Fsp3) is 0.400. The molecule has 1 N–H and O–H groups in total. The van der Waals surface area contributed by atoms with Crippen molar-refractivity contribution in [1.29, 1.82) is 0 Å². The molecule has 5 nitrogen and oxygen atoms in total. The minimum Gasteiger partial charge on any atom is -0.469 e. The van der Waals surface area contributed by atoms with Crippen LogP contribution in [0.3, 0.4) is 0 Å². The summed E-state index contributed by atoms with van der Waals surface area (Å²) in [5.41, 5.74) is 1.14. The maximum Gasteiger partial charge on any atom is 0.308 e. The van der Waals surface area contributed by atoms with Crippen LogP contribution in [-0.2, 0) is 14.3 Å². The van der Waals surface area contributed by atoms with E-state index >= 15 is 0 Å². The molecule has 1 aromatic carbocycles. The van der Waals surface area contributed by atoms with Gasteiger partial charge in [-0.3, -0.25) is 14.6 Å². The normalized spacial score (nSPS) is 20.9. The highest BCUT2D eigenvalue weighted by molar-refractivity contribution is 6.12. The highest BCUT2D eigenvalue weighted by Gasteiger charge is 2.37. The van der Waals surface area contributed by atoms with Crippen LogP contribution >= 0.6 is 0 Å². The molecule has 20 heavy (non-hydrogen) atoms. The number of hydrogen-bond acceptors (Lipinski definition) is 4. The molecule has 0 saturated carbocycles. The maximum atomic E-state index is 12.0. The lowest BCUT2D eigenvalue weighted by Crippen LogP contribution is -2.57. The van der Waals surface area contributed by atoms with E-state index in [0.717, 1.165) is 11.3 Å². The molecule has 5 heteroatoms. The zero-order valence-electron chi connectivity index (χ0n) is 11.8. The number of rotatable bonds is 3. The summed E-state index contributed by atoms with van der Waals surface area (Å²) < 4.78 is 4.61. The smallest absolute Gasteiger partial charge is 0.308 e. The van der Waals surface area contributed by atoms with E-state index < -0.39 is 17.6 Å². The number of benzene rings is 1. The lowest BCUT2D eigenvalue weighted by molar-refractivity contribution is -0.142. The third kappa shape index (κ3) is 2.87. The van der Waals surface area contributed by atoms with Gasteiger partial charge in [-0.2, -0.15) is 0 Å². The van der Waals surface area contributed by atoms with Crippen LogP contribution in [0.5, 0.6) is 0 Å². The molecule has 0 saturated heterocycles. The first-order valence-corrected chi connectivity index (χ1v) is 6.46. The summed E-state index contributed by atoms with van der Waals surface area (Å²) in [5.74, 6) is -0.693. The lowest BCUT2D eigenvalue weighted by atomic mass is 9.89. The summed E-state index contributed by atoms with van der Waals surface area (Å²) in [6.07, 6.45) is -0.0469. The molecule has 0 fully saturated rings. The molecule has 1 aliphatic rings. The summed E-state index contributed by atoms with van der Waals surface area (Å²) in [5, 5.41) is 2.91. The number of hydrogen-bond donors (Lipinski definition) is 1. The molecule has 0 aromatic heterocycles. The molecule has 2 rings (SSSR count). The number of nitrogens with zero attached hydrogens (tertiary/aromatic N) is 1. The van der Waals surface area contributed by atoms with E-state index in [1.165, 1.54) is 7.11 Å². The van der Waals surface area contributed by atoms with Gasteiger partial charge in [-0.25, -0.2) is 0 Å². The van der Waals surface area contributed by atoms with Gasteiger partial charge in [-0.15, -0.1) is 0 Å². The summed E-state index contributed by atoms with van der Waals surface area (Å²) in [6, 6.07) is 8.90. The first-order valence-electron chi connectivity index (χ1n) is 6.46. The van der Waals surface area contributed by atoms with Crippen molar-refractivity contribution in [3.63, 3.8) is 0 Å². The van der Waals surface area contributed by atoms with Crippen molar-refractivity contribution in [2.24, 2.45) is 4.99 Å².